The van der Waals surface area contributed by atoms with Crippen molar-refractivity contribution in [2.75, 3.05) is 14.2 Å². The first-order chi connectivity index (χ1) is 17.4. The quantitative estimate of drug-likeness (QED) is 0.191. The second-order valence-corrected chi connectivity index (χ2v) is 8.77. The van der Waals surface area contributed by atoms with E-state index in [9.17, 15) is 9.90 Å². The second-order valence-electron chi connectivity index (χ2n) is 7.34. The molecule has 1 N–H and O–H groups in total. The molecule has 10 heteroatoms. The zero-order valence-electron chi connectivity index (χ0n) is 19.3. The summed E-state index contributed by atoms with van der Waals surface area (Å²) in [5, 5.41) is 18.2. The summed E-state index contributed by atoms with van der Waals surface area (Å²) in [5.41, 5.74) is 2.18. The number of aliphatic carboxylic acids is 1. The summed E-state index contributed by atoms with van der Waals surface area (Å²) in [7, 11) is 3.13. The maximum Gasteiger partial charge on any atom is 0.342 e. The number of rotatable bonds is 10. The molecule has 0 bridgehead atoms. The van der Waals surface area contributed by atoms with Crippen molar-refractivity contribution >= 4 is 35.4 Å². The highest BCUT2D eigenvalue weighted by Gasteiger charge is 2.18. The molecule has 8 nitrogen and oxygen atoms in total. The highest BCUT2D eigenvalue weighted by Crippen LogP contribution is 2.35. The number of thioether (sulfide) groups is 1. The molecule has 4 rings (SSSR count). The van der Waals surface area contributed by atoms with E-state index in [2.05, 4.69) is 10.2 Å². The Morgan fingerprint density at radius 2 is 1.72 bits per heavy atom. The van der Waals surface area contributed by atoms with Crippen LogP contribution in [0.1, 0.15) is 11.1 Å². The van der Waals surface area contributed by atoms with Gasteiger partial charge in [-0.3, -0.25) is 0 Å². The summed E-state index contributed by atoms with van der Waals surface area (Å²) in [6.45, 7) is 0.395. The smallest absolute Gasteiger partial charge is 0.342 e. The molecule has 1 aromatic heterocycles. The number of nitrogens with zero attached hydrogens (tertiary/aromatic N) is 2. The zero-order chi connectivity index (χ0) is 25.5. The van der Waals surface area contributed by atoms with Gasteiger partial charge in [-0.25, -0.2) is 4.79 Å². The van der Waals surface area contributed by atoms with Crippen LogP contribution < -0.4 is 14.2 Å². The van der Waals surface area contributed by atoms with Crippen molar-refractivity contribution in [1.29, 1.82) is 0 Å². The Balaban J connectivity index is 1.44. The van der Waals surface area contributed by atoms with E-state index < -0.39 is 5.97 Å². The first-order valence-corrected chi connectivity index (χ1v) is 11.8. The minimum atomic E-state index is -1.13. The van der Waals surface area contributed by atoms with Crippen molar-refractivity contribution in [2.24, 2.45) is 0 Å². The Morgan fingerprint density at radius 3 is 2.39 bits per heavy atom. The van der Waals surface area contributed by atoms with Gasteiger partial charge in [0.2, 0.25) is 0 Å². The van der Waals surface area contributed by atoms with Gasteiger partial charge < -0.3 is 23.7 Å². The predicted octanol–water partition coefficient (Wildman–Crippen LogP) is 6.20. The van der Waals surface area contributed by atoms with Crippen LogP contribution >= 0.6 is 23.4 Å². The van der Waals surface area contributed by atoms with Crippen LogP contribution in [0.3, 0.4) is 0 Å². The van der Waals surface area contributed by atoms with E-state index in [1.165, 1.54) is 13.2 Å². The molecule has 0 saturated carbocycles. The third kappa shape index (κ3) is 6.38. The Morgan fingerprint density at radius 1 is 1.00 bits per heavy atom. The molecule has 0 amide bonds. The zero-order valence-corrected chi connectivity index (χ0v) is 20.9. The van der Waals surface area contributed by atoms with Gasteiger partial charge in [0.15, 0.2) is 0 Å². The van der Waals surface area contributed by atoms with Crippen LogP contribution in [0.4, 0.5) is 0 Å². The minimum absolute atomic E-state index is 0.00941. The molecule has 4 aromatic rings. The van der Waals surface area contributed by atoms with Crippen molar-refractivity contribution in [3.63, 3.8) is 0 Å². The van der Waals surface area contributed by atoms with Gasteiger partial charge in [0.1, 0.15) is 28.8 Å². The lowest BCUT2D eigenvalue weighted by Gasteiger charge is -2.07. The predicted molar refractivity (Wildman–Crippen MR) is 137 cm³/mol. The molecule has 0 saturated heterocycles. The highest BCUT2D eigenvalue weighted by atomic mass is 35.5. The highest BCUT2D eigenvalue weighted by molar-refractivity contribution is 8.03. The van der Waals surface area contributed by atoms with Gasteiger partial charge in [0.25, 0.3) is 11.1 Å². The molecule has 36 heavy (non-hydrogen) atoms. The molecular weight excluding hydrogens is 504 g/mol. The molecule has 1 heterocycles. The maximum absolute atomic E-state index is 11.9. The van der Waals surface area contributed by atoms with E-state index in [4.69, 9.17) is 30.2 Å². The maximum atomic E-state index is 11.9. The molecule has 0 aliphatic carbocycles. The molecule has 3 aromatic carbocycles. The molecule has 0 radical (unpaired) electrons. The number of hydrogen-bond donors (Lipinski definition) is 1. The summed E-state index contributed by atoms with van der Waals surface area (Å²) in [4.78, 5) is 11.9. The molecule has 0 spiro atoms. The Bertz CT molecular complexity index is 1370. The third-order valence-electron chi connectivity index (χ3n) is 4.95. The molecule has 0 fully saturated rings. The van der Waals surface area contributed by atoms with Gasteiger partial charge in [-0.1, -0.05) is 35.9 Å². The molecule has 0 unspecified atom stereocenters. The summed E-state index contributed by atoms with van der Waals surface area (Å²) in [6.07, 6.45) is 1.52. The van der Waals surface area contributed by atoms with Crippen LogP contribution in [0.2, 0.25) is 5.02 Å². The van der Waals surface area contributed by atoms with Gasteiger partial charge in [0.05, 0.1) is 19.8 Å². The monoisotopic (exact) mass is 524 g/mol. The number of benzene rings is 3. The number of carbonyl (C=O) groups is 1. The molecule has 0 aliphatic heterocycles. The average molecular weight is 525 g/mol. The third-order valence-corrected chi connectivity index (χ3v) is 6.04. The van der Waals surface area contributed by atoms with Crippen LogP contribution in [0, 0.1) is 0 Å². The van der Waals surface area contributed by atoms with Gasteiger partial charge >= 0.3 is 5.97 Å². The van der Waals surface area contributed by atoms with E-state index >= 15 is 0 Å². The minimum Gasteiger partial charge on any atom is -0.497 e. The van der Waals surface area contributed by atoms with Crippen molar-refractivity contribution in [3.05, 3.63) is 87.8 Å². The van der Waals surface area contributed by atoms with E-state index in [0.717, 1.165) is 23.1 Å². The van der Waals surface area contributed by atoms with Crippen molar-refractivity contribution in [3.8, 4) is 28.7 Å². The van der Waals surface area contributed by atoms with Crippen LogP contribution in [-0.4, -0.2) is 35.5 Å². The lowest BCUT2D eigenvalue weighted by molar-refractivity contribution is -0.131. The van der Waals surface area contributed by atoms with Crippen molar-refractivity contribution < 1.29 is 28.5 Å². The first kappa shape index (κ1) is 25.2. The van der Waals surface area contributed by atoms with Crippen molar-refractivity contribution in [2.45, 2.75) is 11.8 Å². The topological polar surface area (TPSA) is 104 Å². The lowest BCUT2D eigenvalue weighted by Crippen LogP contribution is -1.97. The number of hydrogen-bond acceptors (Lipinski definition) is 8. The summed E-state index contributed by atoms with van der Waals surface area (Å²) in [5.74, 6) is 0.982. The standard InChI is InChI=1S/C26H21ClN2O6S/c1-32-19-8-5-17(6-9-19)15-34-20-10-3-16(4-11-20)13-23(25(30)31)36-26-29-28-24(35-26)21-14-18(27)7-12-22(21)33-2/h3-14H,15H2,1-2H3,(H,30,31)/b23-13-. The van der Waals surface area contributed by atoms with E-state index in [1.807, 2.05) is 24.3 Å². The first-order valence-electron chi connectivity index (χ1n) is 10.6. The second kappa shape index (κ2) is 11.7. The van der Waals surface area contributed by atoms with Gasteiger partial charge in [0, 0.05) is 5.02 Å². The Labute approximate surface area is 216 Å². The van der Waals surface area contributed by atoms with E-state index in [-0.39, 0.29) is 16.0 Å². The van der Waals surface area contributed by atoms with Gasteiger partial charge in [-0.05, 0) is 71.4 Å². The van der Waals surface area contributed by atoms with E-state index in [1.54, 1.807) is 49.6 Å². The lowest BCUT2D eigenvalue weighted by atomic mass is 10.2. The van der Waals surface area contributed by atoms with Crippen LogP contribution in [-0.2, 0) is 11.4 Å². The van der Waals surface area contributed by atoms with Crippen LogP contribution in [0.15, 0.2) is 81.3 Å². The number of carboxylic acid groups (broad SMARTS) is 1. The molecule has 0 aliphatic rings. The number of aromatic nitrogens is 2. The molecule has 184 valence electrons. The molecule has 0 atom stereocenters. The van der Waals surface area contributed by atoms with Gasteiger partial charge in [-0.2, -0.15) is 0 Å². The summed E-state index contributed by atoms with van der Waals surface area (Å²) >= 11 is 6.91. The summed E-state index contributed by atoms with van der Waals surface area (Å²) in [6, 6.07) is 19.7. The fraction of sp³-hybridized carbons (Fsp3) is 0.115. The molecular formula is C26H21ClN2O6S. The van der Waals surface area contributed by atoms with Crippen LogP contribution in [0.25, 0.3) is 17.5 Å². The van der Waals surface area contributed by atoms with Gasteiger partial charge in [-0.15, -0.1) is 10.2 Å². The number of ether oxygens (including phenoxy) is 3. The SMILES string of the molecule is COc1ccc(COc2ccc(/C=C(\Sc3nnc(-c4cc(Cl)ccc4OC)o3)C(=O)O)cc2)cc1. The van der Waals surface area contributed by atoms with Crippen molar-refractivity contribution in [1.82, 2.24) is 10.2 Å². The number of carboxylic acids is 1. The fourth-order valence-electron chi connectivity index (χ4n) is 3.14. The number of halogens is 1. The Hall–Kier alpha value is -3.95. The fourth-order valence-corrected chi connectivity index (χ4v) is 3.98. The van der Waals surface area contributed by atoms with E-state index in [0.29, 0.717) is 34.3 Å². The van der Waals surface area contributed by atoms with Crippen LogP contribution in [0.5, 0.6) is 17.2 Å². The average Bonchev–Trinajstić information content (AvgIpc) is 3.36. The Kier molecular flexibility index (Phi) is 8.14. The number of methoxy groups -OCH3 is 2. The normalized spacial score (nSPS) is 11.2. The largest absolute Gasteiger partial charge is 0.497 e. The summed E-state index contributed by atoms with van der Waals surface area (Å²) < 4.78 is 21.9.